The van der Waals surface area contributed by atoms with E-state index in [4.69, 9.17) is 0 Å². The largest absolute Gasteiger partial charge is 0.351 e. The van der Waals surface area contributed by atoms with Crippen LogP contribution in [0.2, 0.25) is 0 Å². The number of nitrogens with zero attached hydrogens (tertiary/aromatic N) is 5. The van der Waals surface area contributed by atoms with Crippen molar-refractivity contribution in [3.05, 3.63) is 36.4 Å². The highest BCUT2D eigenvalue weighted by Gasteiger charge is 2.08. The molecule has 0 radical (unpaired) electrons. The minimum atomic E-state index is -0.136. The molecule has 0 spiro atoms. The van der Waals surface area contributed by atoms with Crippen LogP contribution in [0.25, 0.3) is 0 Å². The van der Waals surface area contributed by atoms with Crippen molar-refractivity contribution in [1.82, 2.24) is 29.8 Å². The van der Waals surface area contributed by atoms with Crippen molar-refractivity contribution in [2.24, 2.45) is 0 Å². The van der Waals surface area contributed by atoms with E-state index in [-0.39, 0.29) is 5.91 Å². The van der Waals surface area contributed by atoms with Crippen molar-refractivity contribution < 1.29 is 4.79 Å². The summed E-state index contributed by atoms with van der Waals surface area (Å²) >= 11 is 0. The fourth-order valence-electron chi connectivity index (χ4n) is 1.78. The molecule has 7 heteroatoms. The maximum absolute atomic E-state index is 11.9. The summed E-state index contributed by atoms with van der Waals surface area (Å²) in [4.78, 5) is 14.0. The summed E-state index contributed by atoms with van der Waals surface area (Å²) in [6, 6.07) is 3.56. The quantitative estimate of drug-likeness (QED) is 0.737. The summed E-state index contributed by atoms with van der Waals surface area (Å²) in [5.74, 6) is -0.136. The molecule has 0 atom stereocenters. The third-order valence-electron chi connectivity index (χ3n) is 2.79. The van der Waals surface area contributed by atoms with Gasteiger partial charge in [0.25, 0.3) is 5.91 Å². The average Bonchev–Trinajstić information content (AvgIpc) is 3.06. The average molecular weight is 276 g/mol. The first kappa shape index (κ1) is 14.3. The number of carbonyl (C=O) groups excluding carboxylic acids is 1. The van der Waals surface area contributed by atoms with Crippen LogP contribution in [0.3, 0.4) is 0 Å². The molecule has 0 aromatic carbocycles. The Morgan fingerprint density at radius 2 is 2.20 bits per heavy atom. The van der Waals surface area contributed by atoms with Gasteiger partial charge in [0, 0.05) is 25.1 Å². The second-order valence-corrected chi connectivity index (χ2v) is 4.84. The van der Waals surface area contributed by atoms with Gasteiger partial charge in [0.2, 0.25) is 0 Å². The van der Waals surface area contributed by atoms with Crippen molar-refractivity contribution in [3.63, 3.8) is 0 Å². The summed E-state index contributed by atoms with van der Waals surface area (Å²) in [5.41, 5.74) is 0.432. The zero-order valence-electron chi connectivity index (χ0n) is 11.9. The van der Waals surface area contributed by atoms with Crippen molar-refractivity contribution in [2.75, 3.05) is 27.2 Å². The molecule has 2 aromatic heterocycles. The van der Waals surface area contributed by atoms with Gasteiger partial charge in [-0.05, 0) is 39.2 Å². The van der Waals surface area contributed by atoms with E-state index in [0.29, 0.717) is 18.9 Å². The Hall–Kier alpha value is -2.15. The summed E-state index contributed by atoms with van der Waals surface area (Å²) < 4.78 is 3.42. The number of aromatic nitrogens is 4. The van der Waals surface area contributed by atoms with E-state index in [0.717, 1.165) is 13.0 Å². The summed E-state index contributed by atoms with van der Waals surface area (Å²) in [5, 5.41) is 11.2. The van der Waals surface area contributed by atoms with Crippen LogP contribution in [0.15, 0.2) is 30.7 Å². The first-order valence-corrected chi connectivity index (χ1v) is 6.59. The van der Waals surface area contributed by atoms with Gasteiger partial charge in [0.1, 0.15) is 12.4 Å². The van der Waals surface area contributed by atoms with Gasteiger partial charge in [-0.1, -0.05) is 0 Å². The van der Waals surface area contributed by atoms with Crippen LogP contribution >= 0.6 is 0 Å². The number of rotatable bonds is 7. The second-order valence-electron chi connectivity index (χ2n) is 4.84. The highest BCUT2D eigenvalue weighted by atomic mass is 16.1. The SMILES string of the molecule is CN(C)CCCNC(=O)c1ccn(Cn2cccn2)n1. The van der Waals surface area contributed by atoms with Gasteiger partial charge in [0.05, 0.1) is 0 Å². The van der Waals surface area contributed by atoms with Gasteiger partial charge < -0.3 is 10.2 Å². The first-order chi connectivity index (χ1) is 9.65. The van der Waals surface area contributed by atoms with E-state index in [1.807, 2.05) is 26.4 Å². The topological polar surface area (TPSA) is 68.0 Å². The van der Waals surface area contributed by atoms with E-state index in [1.165, 1.54) is 0 Å². The molecule has 0 fully saturated rings. The summed E-state index contributed by atoms with van der Waals surface area (Å²) in [6.45, 7) is 2.11. The van der Waals surface area contributed by atoms with Crippen molar-refractivity contribution in [3.8, 4) is 0 Å². The predicted molar refractivity (Wildman–Crippen MR) is 75.4 cm³/mol. The Bertz CT molecular complexity index is 531. The smallest absolute Gasteiger partial charge is 0.271 e. The molecule has 2 rings (SSSR count). The fourth-order valence-corrected chi connectivity index (χ4v) is 1.78. The standard InChI is InChI=1S/C13H20N6O/c1-17(2)8-3-6-14-13(20)12-5-10-19(16-12)11-18-9-4-7-15-18/h4-5,7,9-10H,3,6,8,11H2,1-2H3,(H,14,20). The molecule has 20 heavy (non-hydrogen) atoms. The number of hydrogen-bond acceptors (Lipinski definition) is 4. The molecule has 2 heterocycles. The number of amides is 1. The molecule has 0 aliphatic heterocycles. The molecule has 108 valence electrons. The lowest BCUT2D eigenvalue weighted by molar-refractivity contribution is 0.0946. The minimum absolute atomic E-state index is 0.136. The van der Waals surface area contributed by atoms with Crippen molar-refractivity contribution >= 4 is 5.91 Å². The van der Waals surface area contributed by atoms with Gasteiger partial charge in [-0.15, -0.1) is 0 Å². The Kier molecular flexibility index (Phi) is 4.89. The first-order valence-electron chi connectivity index (χ1n) is 6.59. The molecule has 7 nitrogen and oxygen atoms in total. The van der Waals surface area contributed by atoms with Gasteiger partial charge in [-0.25, -0.2) is 0 Å². The predicted octanol–water partition coefficient (Wildman–Crippen LogP) is 0.267. The van der Waals surface area contributed by atoms with E-state index in [2.05, 4.69) is 20.4 Å². The molecule has 0 aliphatic rings. The Balaban J connectivity index is 1.80. The monoisotopic (exact) mass is 276 g/mol. The molecule has 1 N–H and O–H groups in total. The van der Waals surface area contributed by atoms with Gasteiger partial charge in [-0.2, -0.15) is 10.2 Å². The zero-order chi connectivity index (χ0) is 14.4. The molecule has 0 unspecified atom stereocenters. The van der Waals surface area contributed by atoms with E-state index >= 15 is 0 Å². The maximum Gasteiger partial charge on any atom is 0.271 e. The van der Waals surface area contributed by atoms with Crippen LogP contribution in [0.1, 0.15) is 16.9 Å². The fraction of sp³-hybridized carbons (Fsp3) is 0.462. The third kappa shape index (κ3) is 4.20. The second kappa shape index (κ2) is 6.85. The molecule has 0 saturated carbocycles. The summed E-state index contributed by atoms with van der Waals surface area (Å²) in [6.07, 6.45) is 6.26. The Morgan fingerprint density at radius 1 is 1.35 bits per heavy atom. The third-order valence-corrected chi connectivity index (χ3v) is 2.79. The summed E-state index contributed by atoms with van der Waals surface area (Å²) in [7, 11) is 4.03. The van der Waals surface area contributed by atoms with Crippen LogP contribution in [0.4, 0.5) is 0 Å². The molecular formula is C13H20N6O. The zero-order valence-corrected chi connectivity index (χ0v) is 11.9. The molecule has 2 aromatic rings. The van der Waals surface area contributed by atoms with E-state index in [9.17, 15) is 4.79 Å². The molecule has 0 aliphatic carbocycles. The number of carbonyl (C=O) groups is 1. The lowest BCUT2D eigenvalue weighted by atomic mass is 10.3. The van der Waals surface area contributed by atoms with Crippen molar-refractivity contribution in [2.45, 2.75) is 13.1 Å². The maximum atomic E-state index is 11.9. The van der Waals surface area contributed by atoms with Crippen LogP contribution in [0, 0.1) is 0 Å². The van der Waals surface area contributed by atoms with E-state index < -0.39 is 0 Å². The van der Waals surface area contributed by atoms with E-state index in [1.54, 1.807) is 27.8 Å². The van der Waals surface area contributed by atoms with Gasteiger partial charge in [-0.3, -0.25) is 14.2 Å². The van der Waals surface area contributed by atoms with Crippen LogP contribution < -0.4 is 5.32 Å². The molecule has 0 saturated heterocycles. The van der Waals surface area contributed by atoms with Gasteiger partial charge >= 0.3 is 0 Å². The van der Waals surface area contributed by atoms with Crippen LogP contribution in [-0.4, -0.2) is 57.6 Å². The van der Waals surface area contributed by atoms with Crippen LogP contribution in [0.5, 0.6) is 0 Å². The molecule has 1 amide bonds. The Labute approximate surface area is 118 Å². The highest BCUT2D eigenvalue weighted by Crippen LogP contribution is 1.97. The van der Waals surface area contributed by atoms with Crippen LogP contribution in [-0.2, 0) is 6.67 Å². The number of hydrogen-bond donors (Lipinski definition) is 1. The minimum Gasteiger partial charge on any atom is -0.351 e. The van der Waals surface area contributed by atoms with Crippen molar-refractivity contribution in [1.29, 1.82) is 0 Å². The number of nitrogens with one attached hydrogen (secondary N) is 1. The highest BCUT2D eigenvalue weighted by molar-refractivity contribution is 5.92. The Morgan fingerprint density at radius 3 is 2.90 bits per heavy atom. The van der Waals surface area contributed by atoms with Gasteiger partial charge in [0.15, 0.2) is 0 Å². The molecular weight excluding hydrogens is 256 g/mol. The normalized spacial score (nSPS) is 10.9. The lowest BCUT2D eigenvalue weighted by Gasteiger charge is -2.09. The lowest BCUT2D eigenvalue weighted by Crippen LogP contribution is -2.27. The molecule has 0 bridgehead atoms.